The molecule has 0 fully saturated rings. The SMILES string of the molecule is CCCCCCCCCCC(C(=O)O)C(C)CC. The van der Waals surface area contributed by atoms with Crippen molar-refractivity contribution in [1.29, 1.82) is 0 Å². The van der Waals surface area contributed by atoms with E-state index in [0.29, 0.717) is 5.92 Å². The zero-order valence-electron chi connectivity index (χ0n) is 12.6. The summed E-state index contributed by atoms with van der Waals surface area (Å²) in [6.45, 7) is 6.37. The van der Waals surface area contributed by atoms with Crippen LogP contribution in [0.3, 0.4) is 0 Å². The van der Waals surface area contributed by atoms with Crippen LogP contribution < -0.4 is 0 Å². The summed E-state index contributed by atoms with van der Waals surface area (Å²) in [5.41, 5.74) is 0. The van der Waals surface area contributed by atoms with Crippen molar-refractivity contribution in [1.82, 2.24) is 0 Å². The van der Waals surface area contributed by atoms with E-state index in [1.54, 1.807) is 0 Å². The van der Waals surface area contributed by atoms with Crippen LogP contribution in [0.15, 0.2) is 0 Å². The fraction of sp³-hybridized carbons (Fsp3) is 0.938. The van der Waals surface area contributed by atoms with Crippen LogP contribution in [0.1, 0.15) is 85.0 Å². The number of hydrogen-bond acceptors (Lipinski definition) is 1. The third-order valence-electron chi connectivity index (χ3n) is 4.02. The molecule has 0 saturated heterocycles. The highest BCUT2D eigenvalue weighted by atomic mass is 16.4. The second-order valence-electron chi connectivity index (χ2n) is 5.59. The van der Waals surface area contributed by atoms with Crippen LogP contribution in [0.4, 0.5) is 0 Å². The molecule has 0 aromatic rings. The average Bonchev–Trinajstić information content (AvgIpc) is 2.35. The lowest BCUT2D eigenvalue weighted by molar-refractivity contribution is -0.143. The number of aliphatic carboxylic acids is 1. The normalized spacial score (nSPS) is 14.4. The molecule has 0 aliphatic carbocycles. The monoisotopic (exact) mass is 256 g/mol. The molecule has 2 unspecified atom stereocenters. The fourth-order valence-corrected chi connectivity index (χ4v) is 2.43. The molecule has 0 saturated carbocycles. The predicted octanol–water partition coefficient (Wildman–Crippen LogP) is 5.26. The minimum Gasteiger partial charge on any atom is -0.481 e. The number of hydrogen-bond donors (Lipinski definition) is 1. The molecular weight excluding hydrogens is 224 g/mol. The van der Waals surface area contributed by atoms with Gasteiger partial charge in [0.2, 0.25) is 0 Å². The smallest absolute Gasteiger partial charge is 0.306 e. The standard InChI is InChI=1S/C16H32O2/c1-4-6-7-8-9-10-11-12-13-15(16(17)18)14(3)5-2/h14-15H,4-13H2,1-3H3,(H,17,18). The Morgan fingerprint density at radius 1 is 0.944 bits per heavy atom. The molecule has 0 aromatic heterocycles. The van der Waals surface area contributed by atoms with E-state index < -0.39 is 5.97 Å². The largest absolute Gasteiger partial charge is 0.481 e. The van der Waals surface area contributed by atoms with Crippen LogP contribution in [-0.4, -0.2) is 11.1 Å². The van der Waals surface area contributed by atoms with Gasteiger partial charge in [-0.05, 0) is 12.3 Å². The molecule has 0 aromatic carbocycles. The van der Waals surface area contributed by atoms with E-state index >= 15 is 0 Å². The lowest BCUT2D eigenvalue weighted by Crippen LogP contribution is -2.21. The maximum atomic E-state index is 11.1. The lowest BCUT2D eigenvalue weighted by atomic mass is 9.87. The lowest BCUT2D eigenvalue weighted by Gasteiger charge is -2.18. The van der Waals surface area contributed by atoms with Gasteiger partial charge in [0.05, 0.1) is 5.92 Å². The quantitative estimate of drug-likeness (QED) is 0.483. The molecule has 1 N–H and O–H groups in total. The van der Waals surface area contributed by atoms with E-state index in [2.05, 4.69) is 20.8 Å². The summed E-state index contributed by atoms with van der Waals surface area (Å²) in [5, 5.41) is 9.17. The third-order valence-corrected chi connectivity index (χ3v) is 4.02. The first kappa shape index (κ1) is 17.5. The van der Waals surface area contributed by atoms with Crippen LogP contribution in [0.25, 0.3) is 0 Å². The maximum absolute atomic E-state index is 11.1. The molecule has 108 valence electrons. The van der Waals surface area contributed by atoms with Crippen molar-refractivity contribution in [3.8, 4) is 0 Å². The van der Waals surface area contributed by atoms with Gasteiger partial charge in [0.15, 0.2) is 0 Å². The second kappa shape index (κ2) is 11.6. The van der Waals surface area contributed by atoms with Gasteiger partial charge in [0.1, 0.15) is 0 Å². The molecule has 0 spiro atoms. The Bertz CT molecular complexity index is 201. The van der Waals surface area contributed by atoms with Crippen molar-refractivity contribution in [3.63, 3.8) is 0 Å². The number of carboxylic acids is 1. The number of carboxylic acid groups (broad SMARTS) is 1. The van der Waals surface area contributed by atoms with Crippen LogP contribution in [0.2, 0.25) is 0 Å². The molecule has 2 heteroatoms. The Morgan fingerprint density at radius 2 is 1.44 bits per heavy atom. The Hall–Kier alpha value is -0.530. The first-order valence-corrected chi connectivity index (χ1v) is 7.86. The van der Waals surface area contributed by atoms with Gasteiger partial charge in [0, 0.05) is 0 Å². The topological polar surface area (TPSA) is 37.3 Å². The van der Waals surface area contributed by atoms with Crippen molar-refractivity contribution in [2.24, 2.45) is 11.8 Å². The fourth-order valence-electron chi connectivity index (χ4n) is 2.43. The molecule has 0 bridgehead atoms. The van der Waals surface area contributed by atoms with E-state index in [1.165, 1.54) is 44.9 Å². The zero-order chi connectivity index (χ0) is 13.8. The Morgan fingerprint density at radius 3 is 1.89 bits per heavy atom. The van der Waals surface area contributed by atoms with E-state index in [1.807, 2.05) is 0 Å². The molecule has 0 amide bonds. The molecule has 0 aliphatic heterocycles. The summed E-state index contributed by atoms with van der Waals surface area (Å²) >= 11 is 0. The molecule has 18 heavy (non-hydrogen) atoms. The van der Waals surface area contributed by atoms with Crippen molar-refractivity contribution >= 4 is 5.97 Å². The minimum absolute atomic E-state index is 0.130. The van der Waals surface area contributed by atoms with Gasteiger partial charge in [0.25, 0.3) is 0 Å². The number of carbonyl (C=O) groups is 1. The number of rotatable bonds is 12. The molecular formula is C16H32O2. The minimum atomic E-state index is -0.604. The molecule has 0 rings (SSSR count). The summed E-state index contributed by atoms with van der Waals surface area (Å²) in [6.07, 6.45) is 12.1. The molecule has 0 aliphatic rings. The van der Waals surface area contributed by atoms with Gasteiger partial charge in [-0.15, -0.1) is 0 Å². The van der Waals surface area contributed by atoms with Crippen LogP contribution in [-0.2, 0) is 4.79 Å². The van der Waals surface area contributed by atoms with Crippen LogP contribution in [0, 0.1) is 11.8 Å². The highest BCUT2D eigenvalue weighted by molar-refractivity contribution is 5.70. The van der Waals surface area contributed by atoms with Gasteiger partial charge in [-0.3, -0.25) is 4.79 Å². The van der Waals surface area contributed by atoms with E-state index in [9.17, 15) is 9.90 Å². The Balaban J connectivity index is 3.53. The maximum Gasteiger partial charge on any atom is 0.306 e. The third kappa shape index (κ3) is 8.54. The van der Waals surface area contributed by atoms with Gasteiger partial charge in [-0.25, -0.2) is 0 Å². The van der Waals surface area contributed by atoms with Gasteiger partial charge in [-0.1, -0.05) is 78.6 Å². The van der Waals surface area contributed by atoms with E-state index in [0.717, 1.165) is 19.3 Å². The second-order valence-corrected chi connectivity index (χ2v) is 5.59. The van der Waals surface area contributed by atoms with Crippen molar-refractivity contribution in [2.45, 2.75) is 85.0 Å². The highest BCUT2D eigenvalue weighted by Crippen LogP contribution is 2.22. The highest BCUT2D eigenvalue weighted by Gasteiger charge is 2.22. The molecule has 0 radical (unpaired) electrons. The first-order valence-electron chi connectivity index (χ1n) is 7.86. The van der Waals surface area contributed by atoms with E-state index in [-0.39, 0.29) is 5.92 Å². The Labute approximate surface area is 113 Å². The molecule has 2 atom stereocenters. The summed E-state index contributed by atoms with van der Waals surface area (Å²) < 4.78 is 0. The summed E-state index contributed by atoms with van der Waals surface area (Å²) in [6, 6.07) is 0. The summed E-state index contributed by atoms with van der Waals surface area (Å²) in [7, 11) is 0. The zero-order valence-corrected chi connectivity index (χ0v) is 12.6. The van der Waals surface area contributed by atoms with Gasteiger partial charge < -0.3 is 5.11 Å². The first-order chi connectivity index (χ1) is 8.63. The van der Waals surface area contributed by atoms with Crippen molar-refractivity contribution < 1.29 is 9.90 Å². The van der Waals surface area contributed by atoms with Crippen LogP contribution >= 0.6 is 0 Å². The van der Waals surface area contributed by atoms with Gasteiger partial charge >= 0.3 is 5.97 Å². The summed E-state index contributed by atoms with van der Waals surface area (Å²) in [4.78, 5) is 11.1. The molecule has 0 heterocycles. The molecule has 2 nitrogen and oxygen atoms in total. The number of unbranched alkanes of at least 4 members (excludes halogenated alkanes) is 7. The Kier molecular flexibility index (Phi) is 11.2. The average molecular weight is 256 g/mol. The van der Waals surface area contributed by atoms with Crippen LogP contribution in [0.5, 0.6) is 0 Å². The van der Waals surface area contributed by atoms with Gasteiger partial charge in [-0.2, -0.15) is 0 Å². The summed E-state index contributed by atoms with van der Waals surface area (Å²) in [5.74, 6) is -0.422. The van der Waals surface area contributed by atoms with E-state index in [4.69, 9.17) is 0 Å². The van der Waals surface area contributed by atoms with Crippen molar-refractivity contribution in [2.75, 3.05) is 0 Å². The van der Waals surface area contributed by atoms with Crippen molar-refractivity contribution in [3.05, 3.63) is 0 Å². The predicted molar refractivity (Wildman–Crippen MR) is 77.8 cm³/mol.